The van der Waals surface area contributed by atoms with Gasteiger partial charge in [0.1, 0.15) is 10.7 Å². The lowest BCUT2D eigenvalue weighted by Crippen LogP contribution is -2.30. The molecule has 7 heteroatoms. The molecule has 0 aliphatic carbocycles. The van der Waals surface area contributed by atoms with Crippen molar-refractivity contribution in [2.45, 2.75) is 25.9 Å². The van der Waals surface area contributed by atoms with Crippen LogP contribution in [0.2, 0.25) is 0 Å². The Kier molecular flexibility index (Phi) is 4.54. The Morgan fingerprint density at radius 2 is 2.19 bits per heavy atom. The number of halogens is 1. The minimum Gasteiger partial charge on any atom is -0.477 e. The minimum atomic E-state index is -1.09. The first-order valence-electron chi connectivity index (χ1n) is 6.35. The Bertz CT molecular complexity index is 699. The number of carboxylic acids is 1. The summed E-state index contributed by atoms with van der Waals surface area (Å²) in [6.45, 7) is 1.92. The highest BCUT2D eigenvalue weighted by atomic mass is 32.1. The van der Waals surface area contributed by atoms with Gasteiger partial charge < -0.3 is 16.2 Å². The van der Waals surface area contributed by atoms with E-state index in [-0.39, 0.29) is 23.9 Å². The average Bonchev–Trinajstić information content (AvgIpc) is 2.76. The molecule has 1 unspecified atom stereocenters. The van der Waals surface area contributed by atoms with E-state index in [1.165, 1.54) is 6.07 Å². The van der Waals surface area contributed by atoms with Gasteiger partial charge in [-0.2, -0.15) is 0 Å². The summed E-state index contributed by atoms with van der Waals surface area (Å²) in [7, 11) is 0. The van der Waals surface area contributed by atoms with Crippen molar-refractivity contribution in [1.29, 1.82) is 0 Å². The molecular weight excluding hydrogens is 295 g/mol. The van der Waals surface area contributed by atoms with Crippen LogP contribution in [0.25, 0.3) is 10.1 Å². The molecule has 0 aliphatic rings. The second-order valence-corrected chi connectivity index (χ2v) is 5.83. The van der Waals surface area contributed by atoms with Crippen LogP contribution in [0.3, 0.4) is 0 Å². The highest BCUT2D eigenvalue weighted by molar-refractivity contribution is 7.21. The lowest BCUT2D eigenvalue weighted by molar-refractivity contribution is -0.118. The van der Waals surface area contributed by atoms with Crippen LogP contribution in [0.1, 0.15) is 28.6 Å². The monoisotopic (exact) mass is 310 g/mol. The normalized spacial score (nSPS) is 12.5. The van der Waals surface area contributed by atoms with E-state index in [4.69, 9.17) is 5.73 Å². The number of hydrogen-bond acceptors (Lipinski definition) is 4. The summed E-state index contributed by atoms with van der Waals surface area (Å²) < 4.78 is 14.6. The summed E-state index contributed by atoms with van der Waals surface area (Å²) in [6, 6.07) is 4.32. The highest BCUT2D eigenvalue weighted by Crippen LogP contribution is 2.33. The number of thiophene rings is 1. The fourth-order valence-electron chi connectivity index (χ4n) is 2.16. The van der Waals surface area contributed by atoms with Gasteiger partial charge in [0.2, 0.25) is 5.91 Å². The Balaban J connectivity index is 2.34. The molecule has 0 saturated carbocycles. The average molecular weight is 310 g/mol. The molecular formula is C14H15FN2O3S. The molecule has 1 heterocycles. The molecule has 0 radical (unpaired) electrons. The lowest BCUT2D eigenvalue weighted by atomic mass is 10.1. The van der Waals surface area contributed by atoms with Gasteiger partial charge in [0, 0.05) is 34.7 Å². The number of primary amides is 1. The summed E-state index contributed by atoms with van der Waals surface area (Å²) in [6.07, 6.45) is 0.132. The summed E-state index contributed by atoms with van der Waals surface area (Å²) in [5.41, 5.74) is 5.50. The van der Waals surface area contributed by atoms with E-state index in [2.05, 4.69) is 5.32 Å². The molecule has 5 nitrogen and oxygen atoms in total. The largest absolute Gasteiger partial charge is 0.477 e. The first-order chi connectivity index (χ1) is 9.90. The van der Waals surface area contributed by atoms with Crippen molar-refractivity contribution in [2.75, 3.05) is 0 Å². The number of aromatic carboxylic acids is 1. The van der Waals surface area contributed by atoms with Gasteiger partial charge in [0.15, 0.2) is 0 Å². The third-order valence-corrected chi connectivity index (χ3v) is 4.28. The standard InChI is InChI=1S/C14H15FN2O3S/c1-7(5-11(16)18)17-6-8-12-9(15)3-2-4-10(12)21-13(8)14(19)20/h2-4,7,17H,5-6H2,1H3,(H2,16,18)(H,19,20). The quantitative estimate of drug-likeness (QED) is 0.761. The Hall–Kier alpha value is -1.99. The summed E-state index contributed by atoms with van der Waals surface area (Å²) in [4.78, 5) is 22.3. The van der Waals surface area contributed by atoms with E-state index in [1.807, 2.05) is 0 Å². The number of carbonyl (C=O) groups excluding carboxylic acids is 1. The van der Waals surface area contributed by atoms with E-state index in [9.17, 15) is 19.1 Å². The van der Waals surface area contributed by atoms with Crippen LogP contribution in [-0.2, 0) is 11.3 Å². The molecule has 0 spiro atoms. The van der Waals surface area contributed by atoms with Crippen molar-refractivity contribution in [1.82, 2.24) is 5.32 Å². The van der Waals surface area contributed by atoms with E-state index in [0.717, 1.165) is 11.3 Å². The third-order valence-electron chi connectivity index (χ3n) is 3.09. The van der Waals surface area contributed by atoms with Gasteiger partial charge in [0.25, 0.3) is 0 Å². The molecule has 4 N–H and O–H groups in total. The fraction of sp³-hybridized carbons (Fsp3) is 0.286. The van der Waals surface area contributed by atoms with Gasteiger partial charge >= 0.3 is 5.97 Å². The van der Waals surface area contributed by atoms with E-state index < -0.39 is 17.7 Å². The van der Waals surface area contributed by atoms with Gasteiger partial charge in [-0.25, -0.2) is 9.18 Å². The maximum Gasteiger partial charge on any atom is 0.346 e. The van der Waals surface area contributed by atoms with Crippen LogP contribution in [0.4, 0.5) is 4.39 Å². The van der Waals surface area contributed by atoms with Gasteiger partial charge in [-0.3, -0.25) is 4.79 Å². The number of benzene rings is 1. The van der Waals surface area contributed by atoms with Crippen LogP contribution in [0, 0.1) is 5.82 Å². The zero-order valence-corrected chi connectivity index (χ0v) is 12.2. The van der Waals surface area contributed by atoms with E-state index in [0.29, 0.717) is 15.6 Å². The minimum absolute atomic E-state index is 0.105. The zero-order chi connectivity index (χ0) is 15.6. The second-order valence-electron chi connectivity index (χ2n) is 4.78. The number of nitrogens with one attached hydrogen (secondary N) is 1. The number of nitrogens with two attached hydrogens (primary N) is 1. The summed E-state index contributed by atoms with van der Waals surface area (Å²) in [5, 5.41) is 12.6. The molecule has 0 aliphatic heterocycles. The topological polar surface area (TPSA) is 92.4 Å². The van der Waals surface area contributed by atoms with Crippen LogP contribution < -0.4 is 11.1 Å². The molecule has 0 fully saturated rings. The van der Waals surface area contributed by atoms with Crippen LogP contribution >= 0.6 is 11.3 Å². The van der Waals surface area contributed by atoms with E-state index >= 15 is 0 Å². The number of amides is 1. The van der Waals surface area contributed by atoms with Gasteiger partial charge in [-0.1, -0.05) is 6.07 Å². The maximum absolute atomic E-state index is 14.0. The fourth-order valence-corrected chi connectivity index (χ4v) is 3.23. The predicted octanol–water partition coefficient (Wildman–Crippen LogP) is 2.09. The molecule has 2 rings (SSSR count). The third kappa shape index (κ3) is 3.37. The second kappa shape index (κ2) is 6.19. The summed E-state index contributed by atoms with van der Waals surface area (Å²) >= 11 is 1.04. The highest BCUT2D eigenvalue weighted by Gasteiger charge is 2.20. The molecule has 1 atom stereocenters. The number of carboxylic acid groups (broad SMARTS) is 1. The molecule has 0 bridgehead atoms. The van der Waals surface area contributed by atoms with Crippen LogP contribution in [0.15, 0.2) is 18.2 Å². The molecule has 112 valence electrons. The number of fused-ring (bicyclic) bond motifs is 1. The van der Waals surface area contributed by atoms with Gasteiger partial charge in [-0.15, -0.1) is 11.3 Å². The molecule has 1 aromatic carbocycles. The molecule has 2 aromatic rings. The van der Waals surface area contributed by atoms with Crippen molar-refractivity contribution in [3.05, 3.63) is 34.5 Å². The van der Waals surface area contributed by atoms with Crippen molar-refractivity contribution >= 4 is 33.3 Å². The molecule has 1 aromatic heterocycles. The number of hydrogen-bond donors (Lipinski definition) is 3. The van der Waals surface area contributed by atoms with Crippen molar-refractivity contribution in [3.63, 3.8) is 0 Å². The number of rotatable bonds is 6. The van der Waals surface area contributed by atoms with Crippen molar-refractivity contribution in [2.24, 2.45) is 5.73 Å². The van der Waals surface area contributed by atoms with Gasteiger partial charge in [0.05, 0.1) is 0 Å². The van der Waals surface area contributed by atoms with Crippen molar-refractivity contribution in [3.8, 4) is 0 Å². The van der Waals surface area contributed by atoms with Gasteiger partial charge in [-0.05, 0) is 19.1 Å². The Morgan fingerprint density at radius 3 is 2.81 bits per heavy atom. The smallest absolute Gasteiger partial charge is 0.346 e. The van der Waals surface area contributed by atoms with Crippen molar-refractivity contribution < 1.29 is 19.1 Å². The SMILES string of the molecule is CC(CC(N)=O)NCc1c(C(=O)O)sc2cccc(F)c12. The Labute approximate surface area is 124 Å². The molecule has 21 heavy (non-hydrogen) atoms. The molecule has 1 amide bonds. The first kappa shape index (κ1) is 15.4. The first-order valence-corrected chi connectivity index (χ1v) is 7.16. The van der Waals surface area contributed by atoms with E-state index in [1.54, 1.807) is 19.1 Å². The summed E-state index contributed by atoms with van der Waals surface area (Å²) in [5.74, 6) is -1.99. The lowest BCUT2D eigenvalue weighted by Gasteiger charge is -2.12. The van der Waals surface area contributed by atoms with Crippen LogP contribution in [0.5, 0.6) is 0 Å². The number of carbonyl (C=O) groups is 2. The zero-order valence-electron chi connectivity index (χ0n) is 11.4. The predicted molar refractivity (Wildman–Crippen MR) is 78.9 cm³/mol. The Morgan fingerprint density at radius 1 is 1.48 bits per heavy atom. The van der Waals surface area contributed by atoms with Crippen LogP contribution in [-0.4, -0.2) is 23.0 Å². The maximum atomic E-state index is 14.0. The molecule has 0 saturated heterocycles.